The molecule has 0 saturated carbocycles. The van der Waals surface area contributed by atoms with Crippen molar-refractivity contribution in [2.75, 3.05) is 13.6 Å². The van der Waals surface area contributed by atoms with Crippen LogP contribution in [0.4, 0.5) is 0 Å². The van der Waals surface area contributed by atoms with Crippen LogP contribution in [-0.2, 0) is 11.2 Å². The van der Waals surface area contributed by atoms with Gasteiger partial charge in [-0.15, -0.1) is 17.5 Å². The van der Waals surface area contributed by atoms with Crippen LogP contribution < -0.4 is 5.73 Å². The zero-order chi connectivity index (χ0) is 14.5. The maximum Gasteiger partial charge on any atom is 0.227 e. The molecule has 0 aliphatic rings. The van der Waals surface area contributed by atoms with Crippen LogP contribution in [0.25, 0.3) is 5.69 Å². The van der Waals surface area contributed by atoms with E-state index >= 15 is 0 Å². The fourth-order valence-electron chi connectivity index (χ4n) is 1.75. The summed E-state index contributed by atoms with van der Waals surface area (Å²) in [5.41, 5.74) is 7.37. The molecule has 1 heterocycles. The maximum atomic E-state index is 12.1. The first-order chi connectivity index (χ1) is 9.61. The van der Waals surface area contributed by atoms with E-state index in [1.54, 1.807) is 16.6 Å². The number of carbonyl (C=O) groups is 1. The van der Waals surface area contributed by atoms with Crippen molar-refractivity contribution in [1.82, 2.24) is 25.1 Å². The van der Waals surface area contributed by atoms with Crippen LogP contribution in [0.15, 0.2) is 30.6 Å². The number of likely N-dealkylation sites (N-methyl/N-ethyl adjacent to an activating group) is 1. The molecule has 1 amide bonds. The van der Waals surface area contributed by atoms with Gasteiger partial charge in [0.2, 0.25) is 5.91 Å². The van der Waals surface area contributed by atoms with Crippen molar-refractivity contribution in [2.24, 2.45) is 5.73 Å². The maximum absolute atomic E-state index is 12.1. The molecular formula is C13H19ClN6O. The van der Waals surface area contributed by atoms with Gasteiger partial charge in [-0.3, -0.25) is 4.79 Å². The molecule has 8 heteroatoms. The van der Waals surface area contributed by atoms with E-state index in [2.05, 4.69) is 15.5 Å². The Hall–Kier alpha value is -1.99. The summed E-state index contributed by atoms with van der Waals surface area (Å²) in [6.45, 7) is 2.39. The molecular weight excluding hydrogens is 292 g/mol. The van der Waals surface area contributed by atoms with Crippen LogP contribution in [0.5, 0.6) is 0 Å². The predicted molar refractivity (Wildman–Crippen MR) is 81.4 cm³/mol. The fourth-order valence-corrected chi connectivity index (χ4v) is 1.75. The Labute approximate surface area is 129 Å². The number of hydrogen-bond donors (Lipinski definition) is 1. The molecule has 0 spiro atoms. The fraction of sp³-hybridized carbons (Fsp3) is 0.385. The monoisotopic (exact) mass is 310 g/mol. The molecule has 114 valence electrons. The molecule has 1 aromatic carbocycles. The Morgan fingerprint density at radius 2 is 2.05 bits per heavy atom. The molecule has 7 nitrogen and oxygen atoms in total. The van der Waals surface area contributed by atoms with Gasteiger partial charge in [0.15, 0.2) is 0 Å². The molecule has 2 aromatic rings. The summed E-state index contributed by atoms with van der Waals surface area (Å²) in [7, 11) is 1.77. The molecule has 1 unspecified atom stereocenters. The normalized spacial score (nSPS) is 11.6. The summed E-state index contributed by atoms with van der Waals surface area (Å²) in [4.78, 5) is 13.7. The van der Waals surface area contributed by atoms with E-state index in [4.69, 9.17) is 5.73 Å². The first kappa shape index (κ1) is 17.1. The average molecular weight is 311 g/mol. The topological polar surface area (TPSA) is 89.9 Å². The van der Waals surface area contributed by atoms with Crippen LogP contribution in [0, 0.1) is 0 Å². The molecule has 0 aliphatic heterocycles. The highest BCUT2D eigenvalue weighted by molar-refractivity contribution is 5.85. The van der Waals surface area contributed by atoms with Crippen molar-refractivity contribution in [1.29, 1.82) is 0 Å². The molecule has 0 bridgehead atoms. The van der Waals surface area contributed by atoms with E-state index in [0.717, 1.165) is 11.3 Å². The third kappa shape index (κ3) is 4.24. The van der Waals surface area contributed by atoms with Gasteiger partial charge >= 0.3 is 0 Å². The third-order valence-electron chi connectivity index (χ3n) is 3.30. The number of aromatic nitrogens is 4. The molecule has 2 rings (SSSR count). The first-order valence-corrected chi connectivity index (χ1v) is 6.40. The largest absolute Gasteiger partial charge is 0.341 e. The first-order valence-electron chi connectivity index (χ1n) is 6.40. The van der Waals surface area contributed by atoms with Crippen LogP contribution in [-0.4, -0.2) is 50.6 Å². The number of benzene rings is 1. The van der Waals surface area contributed by atoms with Gasteiger partial charge in [0.05, 0.1) is 12.1 Å². The van der Waals surface area contributed by atoms with Gasteiger partial charge in [-0.05, 0) is 35.0 Å². The summed E-state index contributed by atoms with van der Waals surface area (Å²) >= 11 is 0. The second-order valence-electron chi connectivity index (χ2n) is 4.69. The number of rotatable bonds is 5. The van der Waals surface area contributed by atoms with Crippen molar-refractivity contribution in [3.63, 3.8) is 0 Å². The molecule has 0 saturated heterocycles. The number of carbonyl (C=O) groups excluding carboxylic acids is 1. The summed E-state index contributed by atoms with van der Waals surface area (Å²) in [6.07, 6.45) is 1.88. The minimum Gasteiger partial charge on any atom is -0.341 e. The average Bonchev–Trinajstić information content (AvgIpc) is 3.00. The van der Waals surface area contributed by atoms with E-state index in [-0.39, 0.29) is 24.4 Å². The lowest BCUT2D eigenvalue weighted by molar-refractivity contribution is -0.130. The van der Waals surface area contributed by atoms with Crippen molar-refractivity contribution >= 4 is 18.3 Å². The number of amides is 1. The zero-order valence-corrected chi connectivity index (χ0v) is 12.8. The Morgan fingerprint density at radius 3 is 2.57 bits per heavy atom. The number of hydrogen-bond acceptors (Lipinski definition) is 5. The van der Waals surface area contributed by atoms with Crippen LogP contribution >= 0.6 is 12.4 Å². The van der Waals surface area contributed by atoms with Crippen molar-refractivity contribution in [3.8, 4) is 5.69 Å². The van der Waals surface area contributed by atoms with Crippen molar-refractivity contribution in [2.45, 2.75) is 19.4 Å². The third-order valence-corrected chi connectivity index (χ3v) is 3.30. The number of nitrogens with zero attached hydrogens (tertiary/aromatic N) is 5. The molecule has 0 fully saturated rings. The zero-order valence-electron chi connectivity index (χ0n) is 12.0. The second-order valence-corrected chi connectivity index (χ2v) is 4.69. The number of tetrazole rings is 1. The standard InChI is InChI=1S/C13H18N6O.ClH/c1-10(8-14)18(2)13(20)7-11-3-5-12(6-4-11)19-9-15-16-17-19;/h3-6,9-10H,7-8,14H2,1-2H3;1H. The van der Waals surface area contributed by atoms with Gasteiger partial charge in [-0.1, -0.05) is 12.1 Å². The molecule has 0 radical (unpaired) electrons. The highest BCUT2D eigenvalue weighted by atomic mass is 35.5. The van der Waals surface area contributed by atoms with E-state index in [1.807, 2.05) is 31.2 Å². The van der Waals surface area contributed by atoms with E-state index in [9.17, 15) is 4.79 Å². The molecule has 0 aliphatic carbocycles. The Kier molecular flexibility index (Phi) is 6.26. The Morgan fingerprint density at radius 1 is 1.38 bits per heavy atom. The van der Waals surface area contributed by atoms with Crippen LogP contribution in [0.1, 0.15) is 12.5 Å². The van der Waals surface area contributed by atoms with E-state index < -0.39 is 0 Å². The van der Waals surface area contributed by atoms with Crippen molar-refractivity contribution < 1.29 is 4.79 Å². The van der Waals surface area contributed by atoms with Gasteiger partial charge < -0.3 is 10.6 Å². The molecule has 21 heavy (non-hydrogen) atoms. The minimum absolute atomic E-state index is 0. The van der Waals surface area contributed by atoms with Gasteiger partial charge in [0.25, 0.3) is 0 Å². The number of halogens is 1. The summed E-state index contributed by atoms with van der Waals surface area (Å²) in [5, 5.41) is 11.0. The second kappa shape index (κ2) is 7.70. The van der Waals surface area contributed by atoms with E-state index in [0.29, 0.717) is 13.0 Å². The summed E-state index contributed by atoms with van der Waals surface area (Å²) in [5.74, 6) is 0.0538. The molecule has 1 atom stereocenters. The van der Waals surface area contributed by atoms with Crippen LogP contribution in [0.3, 0.4) is 0 Å². The smallest absolute Gasteiger partial charge is 0.227 e. The van der Waals surface area contributed by atoms with Gasteiger partial charge in [0, 0.05) is 19.6 Å². The lowest BCUT2D eigenvalue weighted by Crippen LogP contribution is -2.40. The summed E-state index contributed by atoms with van der Waals surface area (Å²) < 4.78 is 1.56. The quantitative estimate of drug-likeness (QED) is 0.865. The van der Waals surface area contributed by atoms with Gasteiger partial charge in [-0.2, -0.15) is 0 Å². The number of nitrogens with two attached hydrogens (primary N) is 1. The minimum atomic E-state index is 0. The lowest BCUT2D eigenvalue weighted by Gasteiger charge is -2.23. The van der Waals surface area contributed by atoms with E-state index in [1.165, 1.54) is 6.33 Å². The molecule has 2 N–H and O–H groups in total. The Bertz CT molecular complexity index is 557. The van der Waals surface area contributed by atoms with Crippen molar-refractivity contribution in [3.05, 3.63) is 36.2 Å². The lowest BCUT2D eigenvalue weighted by atomic mass is 10.1. The highest BCUT2D eigenvalue weighted by Gasteiger charge is 2.14. The van der Waals surface area contributed by atoms with Gasteiger partial charge in [-0.25, -0.2) is 4.68 Å². The Balaban J connectivity index is 0.00000220. The predicted octanol–water partition coefficient (Wildman–Crippen LogP) is 0.432. The highest BCUT2D eigenvalue weighted by Crippen LogP contribution is 2.09. The SMILES string of the molecule is CC(CN)N(C)C(=O)Cc1ccc(-n2cnnn2)cc1.Cl. The van der Waals surface area contributed by atoms with Gasteiger partial charge in [0.1, 0.15) is 6.33 Å². The summed E-state index contributed by atoms with van der Waals surface area (Å²) in [6, 6.07) is 7.60. The molecule has 1 aromatic heterocycles. The van der Waals surface area contributed by atoms with Crippen LogP contribution in [0.2, 0.25) is 0 Å².